The molecule has 0 amide bonds. The van der Waals surface area contributed by atoms with Gasteiger partial charge in [0, 0.05) is 6.04 Å². The lowest BCUT2D eigenvalue weighted by Crippen LogP contribution is -2.21. The molecule has 1 N–H and O–H groups in total. The Morgan fingerprint density at radius 1 is 1.38 bits per heavy atom. The molecule has 0 aromatic heterocycles. The van der Waals surface area contributed by atoms with Crippen LogP contribution >= 0.6 is 0 Å². The second kappa shape index (κ2) is 6.49. The van der Waals surface area contributed by atoms with E-state index in [1.54, 1.807) is 0 Å². The first-order valence-electron chi connectivity index (χ1n) is 6.08. The lowest BCUT2D eigenvalue weighted by atomic mass is 9.96. The third-order valence-corrected chi connectivity index (χ3v) is 2.87. The largest absolute Gasteiger partial charge is 0.310 e. The van der Waals surface area contributed by atoms with Crippen molar-refractivity contribution in [2.75, 3.05) is 6.54 Å². The Morgan fingerprint density at radius 3 is 2.62 bits per heavy atom. The third-order valence-electron chi connectivity index (χ3n) is 2.87. The molecule has 1 atom stereocenters. The Bertz CT molecular complexity index is 341. The van der Waals surface area contributed by atoms with Crippen molar-refractivity contribution in [3.8, 4) is 0 Å². The molecule has 0 radical (unpaired) electrons. The molecule has 88 valence electrons. The van der Waals surface area contributed by atoms with E-state index in [4.69, 9.17) is 0 Å². The van der Waals surface area contributed by atoms with E-state index >= 15 is 0 Å². The average molecular weight is 217 g/mol. The van der Waals surface area contributed by atoms with Gasteiger partial charge < -0.3 is 5.32 Å². The molecule has 1 heteroatoms. The Hall–Kier alpha value is -1.08. The first-order chi connectivity index (χ1) is 7.65. The zero-order valence-corrected chi connectivity index (χ0v) is 10.7. The van der Waals surface area contributed by atoms with Gasteiger partial charge in [-0.05, 0) is 44.4 Å². The van der Waals surface area contributed by atoms with E-state index in [0.717, 1.165) is 19.4 Å². The van der Waals surface area contributed by atoms with Crippen LogP contribution in [0.3, 0.4) is 0 Å². The van der Waals surface area contributed by atoms with E-state index in [-0.39, 0.29) is 0 Å². The molecule has 0 saturated carbocycles. The van der Waals surface area contributed by atoms with Crippen LogP contribution in [0.5, 0.6) is 0 Å². The van der Waals surface area contributed by atoms with Gasteiger partial charge in [0.2, 0.25) is 0 Å². The molecular weight excluding hydrogens is 194 g/mol. The molecule has 1 nitrogen and oxygen atoms in total. The van der Waals surface area contributed by atoms with Gasteiger partial charge in [0.25, 0.3) is 0 Å². The highest BCUT2D eigenvalue weighted by Gasteiger charge is 2.11. The molecule has 0 spiro atoms. The minimum absolute atomic E-state index is 0.461. The number of nitrogens with one attached hydrogen (secondary N) is 1. The maximum atomic E-state index is 3.98. The monoisotopic (exact) mass is 217 g/mol. The van der Waals surface area contributed by atoms with Crippen molar-refractivity contribution in [3.63, 3.8) is 0 Å². The Labute approximate surface area is 99.6 Å². The molecule has 1 unspecified atom stereocenters. The van der Waals surface area contributed by atoms with E-state index in [1.807, 2.05) is 0 Å². The first-order valence-corrected chi connectivity index (χ1v) is 6.08. The van der Waals surface area contributed by atoms with Gasteiger partial charge in [-0.1, -0.05) is 36.8 Å². The van der Waals surface area contributed by atoms with Crippen molar-refractivity contribution in [2.45, 2.75) is 39.7 Å². The lowest BCUT2D eigenvalue weighted by Gasteiger charge is -2.20. The number of hydrogen-bond acceptors (Lipinski definition) is 1. The van der Waals surface area contributed by atoms with Crippen LogP contribution in [0.25, 0.3) is 0 Å². The molecule has 0 fully saturated rings. The quantitative estimate of drug-likeness (QED) is 0.710. The smallest absolute Gasteiger partial charge is 0.0325 e. The molecule has 1 aromatic carbocycles. The summed E-state index contributed by atoms with van der Waals surface area (Å²) in [6, 6.07) is 9.08. The fraction of sp³-hybridized carbons (Fsp3) is 0.467. The topological polar surface area (TPSA) is 12.0 Å². The van der Waals surface area contributed by atoms with Gasteiger partial charge >= 0.3 is 0 Å². The summed E-state index contributed by atoms with van der Waals surface area (Å²) in [6.07, 6.45) is 2.22. The second-order valence-electron chi connectivity index (χ2n) is 4.46. The Morgan fingerprint density at radius 2 is 2.06 bits per heavy atom. The molecule has 1 aromatic rings. The van der Waals surface area contributed by atoms with Crippen molar-refractivity contribution in [1.29, 1.82) is 0 Å². The van der Waals surface area contributed by atoms with E-state index in [1.165, 1.54) is 16.7 Å². The lowest BCUT2D eigenvalue weighted by molar-refractivity contribution is 0.512. The molecular formula is C15H23N. The van der Waals surface area contributed by atoms with Crippen LogP contribution in [-0.4, -0.2) is 6.54 Å². The molecule has 0 aliphatic heterocycles. The van der Waals surface area contributed by atoms with Crippen LogP contribution < -0.4 is 5.32 Å². The summed E-state index contributed by atoms with van der Waals surface area (Å²) in [7, 11) is 0. The summed E-state index contributed by atoms with van der Waals surface area (Å²) < 4.78 is 0. The Kier molecular flexibility index (Phi) is 5.27. The van der Waals surface area contributed by atoms with Crippen LogP contribution in [0.15, 0.2) is 36.4 Å². The number of rotatable bonds is 6. The Balaban J connectivity index is 2.76. The van der Waals surface area contributed by atoms with Crippen molar-refractivity contribution in [1.82, 2.24) is 5.32 Å². The van der Waals surface area contributed by atoms with Gasteiger partial charge in [-0.15, -0.1) is 6.58 Å². The van der Waals surface area contributed by atoms with Crippen LogP contribution in [-0.2, 0) is 0 Å². The minimum Gasteiger partial charge on any atom is -0.310 e. The summed E-state index contributed by atoms with van der Waals surface area (Å²) in [6.45, 7) is 11.4. The molecule has 0 aliphatic carbocycles. The predicted octanol–water partition coefficient (Wildman–Crippen LogP) is 4.00. The van der Waals surface area contributed by atoms with E-state index in [9.17, 15) is 0 Å². The van der Waals surface area contributed by atoms with Gasteiger partial charge in [0.15, 0.2) is 0 Å². The predicted molar refractivity (Wildman–Crippen MR) is 71.6 cm³/mol. The summed E-state index contributed by atoms with van der Waals surface area (Å²) in [5.41, 5.74) is 4.05. The van der Waals surface area contributed by atoms with Crippen molar-refractivity contribution >= 4 is 0 Å². The normalized spacial score (nSPS) is 12.4. The summed E-state index contributed by atoms with van der Waals surface area (Å²) in [5, 5.41) is 3.55. The minimum atomic E-state index is 0.461. The zero-order chi connectivity index (χ0) is 12.0. The van der Waals surface area contributed by atoms with Gasteiger partial charge in [-0.3, -0.25) is 0 Å². The molecule has 0 bridgehead atoms. The maximum absolute atomic E-state index is 3.98. The van der Waals surface area contributed by atoms with E-state index in [2.05, 4.69) is 56.9 Å². The number of aryl methyl sites for hydroxylation is 1. The van der Waals surface area contributed by atoms with Gasteiger partial charge in [-0.2, -0.15) is 0 Å². The number of benzene rings is 1. The van der Waals surface area contributed by atoms with Crippen LogP contribution in [0.2, 0.25) is 0 Å². The van der Waals surface area contributed by atoms with Crippen molar-refractivity contribution in [3.05, 3.63) is 47.5 Å². The van der Waals surface area contributed by atoms with Crippen LogP contribution in [0, 0.1) is 6.92 Å². The fourth-order valence-corrected chi connectivity index (χ4v) is 1.98. The highest BCUT2D eigenvalue weighted by atomic mass is 14.9. The number of hydrogen-bond donors (Lipinski definition) is 1. The number of allylic oxidation sites excluding steroid dienone is 1. The van der Waals surface area contributed by atoms with E-state index < -0.39 is 0 Å². The van der Waals surface area contributed by atoms with E-state index in [0.29, 0.717) is 6.04 Å². The molecule has 1 rings (SSSR count). The summed E-state index contributed by atoms with van der Waals surface area (Å²) in [4.78, 5) is 0. The first kappa shape index (κ1) is 13.0. The van der Waals surface area contributed by atoms with Crippen molar-refractivity contribution < 1.29 is 0 Å². The molecule has 0 aliphatic rings. The SMILES string of the molecule is C=C(C)CCC(NCC)c1ccccc1C. The summed E-state index contributed by atoms with van der Waals surface area (Å²) in [5.74, 6) is 0. The van der Waals surface area contributed by atoms with Gasteiger partial charge in [-0.25, -0.2) is 0 Å². The van der Waals surface area contributed by atoms with Crippen LogP contribution in [0.4, 0.5) is 0 Å². The second-order valence-corrected chi connectivity index (χ2v) is 4.46. The molecule has 0 saturated heterocycles. The molecule has 0 heterocycles. The van der Waals surface area contributed by atoms with Crippen LogP contribution in [0.1, 0.15) is 43.9 Å². The summed E-state index contributed by atoms with van der Waals surface area (Å²) >= 11 is 0. The highest BCUT2D eigenvalue weighted by molar-refractivity contribution is 5.28. The standard InChI is InChI=1S/C15H23N/c1-5-16-15(11-10-12(2)3)14-9-7-6-8-13(14)4/h6-9,15-16H,2,5,10-11H2,1,3-4H3. The van der Waals surface area contributed by atoms with Crippen molar-refractivity contribution in [2.24, 2.45) is 0 Å². The zero-order valence-electron chi connectivity index (χ0n) is 10.7. The highest BCUT2D eigenvalue weighted by Crippen LogP contribution is 2.23. The fourth-order valence-electron chi connectivity index (χ4n) is 1.98. The molecule has 16 heavy (non-hydrogen) atoms. The third kappa shape index (κ3) is 3.82. The average Bonchev–Trinajstić information content (AvgIpc) is 2.25. The van der Waals surface area contributed by atoms with Gasteiger partial charge in [0.05, 0.1) is 0 Å². The van der Waals surface area contributed by atoms with Gasteiger partial charge in [0.1, 0.15) is 0 Å². The maximum Gasteiger partial charge on any atom is 0.0325 e.